The highest BCUT2D eigenvalue weighted by Crippen LogP contribution is 2.35. The number of nitrogens with zero attached hydrogens (tertiary/aromatic N) is 2. The van der Waals surface area contributed by atoms with Gasteiger partial charge in [0.05, 0.1) is 43.7 Å². The van der Waals surface area contributed by atoms with Crippen molar-refractivity contribution in [2.45, 2.75) is 300 Å². The molecule has 16 heteroatoms. The van der Waals surface area contributed by atoms with Gasteiger partial charge in [0.2, 0.25) is 5.91 Å². The van der Waals surface area contributed by atoms with E-state index in [0.717, 1.165) is 44.8 Å². The van der Waals surface area contributed by atoms with Gasteiger partial charge in [-0.2, -0.15) is 5.06 Å². The lowest BCUT2D eigenvalue weighted by molar-refractivity contribution is -0.346. The molecule has 0 aromatic rings. The number of aliphatic carboxylic acids is 1. The van der Waals surface area contributed by atoms with Gasteiger partial charge in [-0.15, -0.1) is 0 Å². The van der Waals surface area contributed by atoms with E-state index >= 15 is 0 Å². The van der Waals surface area contributed by atoms with Crippen molar-refractivity contribution in [3.05, 3.63) is 0 Å². The number of rotatable bonds is 36. The number of hydrogen-bond donors (Lipinski definition) is 4. The summed E-state index contributed by atoms with van der Waals surface area (Å²) in [7, 11) is 0. The van der Waals surface area contributed by atoms with Crippen molar-refractivity contribution in [3.63, 3.8) is 0 Å². The smallest absolute Gasteiger partial charge is 0.320 e. The number of ether oxygens (including phenoxy) is 4. The molecule has 0 aromatic heterocycles. The van der Waals surface area contributed by atoms with Crippen LogP contribution in [0.15, 0.2) is 0 Å². The summed E-state index contributed by atoms with van der Waals surface area (Å²) in [5.74, 6) is -2.85. The second-order valence-electron chi connectivity index (χ2n) is 21.4. The molecule has 416 valence electrons. The van der Waals surface area contributed by atoms with Crippen LogP contribution in [0.3, 0.4) is 0 Å². The molecule has 2 unspecified atom stereocenters. The number of aliphatic hydroxyl groups is 2. The van der Waals surface area contributed by atoms with E-state index in [4.69, 9.17) is 23.8 Å². The Balaban J connectivity index is 1.47. The summed E-state index contributed by atoms with van der Waals surface area (Å²) in [5, 5.41) is 38.8. The lowest BCUT2D eigenvalue weighted by Crippen LogP contribution is -2.68. The Labute approximate surface area is 433 Å². The van der Waals surface area contributed by atoms with Crippen LogP contribution < -0.4 is 5.32 Å². The van der Waals surface area contributed by atoms with Crippen molar-refractivity contribution in [3.8, 4) is 0 Å². The van der Waals surface area contributed by atoms with Crippen LogP contribution in [0.5, 0.6) is 0 Å². The first-order valence-corrected chi connectivity index (χ1v) is 29.2. The number of amides is 1. The number of aliphatic hydroxyl groups excluding tert-OH is 2. The van der Waals surface area contributed by atoms with Gasteiger partial charge in [0, 0.05) is 13.0 Å². The molecule has 4 saturated heterocycles. The molecular weight excluding hydrogens is 923 g/mol. The summed E-state index contributed by atoms with van der Waals surface area (Å²) in [4.78, 5) is 73.5. The quantitative estimate of drug-likeness (QED) is 0.0262. The van der Waals surface area contributed by atoms with Crippen LogP contribution in [0.1, 0.15) is 239 Å². The van der Waals surface area contributed by atoms with E-state index in [0.29, 0.717) is 58.0 Å². The summed E-state index contributed by atoms with van der Waals surface area (Å²) in [6.45, 7) is 4.44. The number of carboxylic acids is 1. The van der Waals surface area contributed by atoms with Gasteiger partial charge in [0.15, 0.2) is 6.29 Å². The van der Waals surface area contributed by atoms with Crippen molar-refractivity contribution in [2.75, 3.05) is 26.3 Å². The molecule has 4 aliphatic rings. The minimum Gasteiger partial charge on any atom is -0.480 e. The average Bonchev–Trinajstić information content (AvgIpc) is 4.05. The number of cyclic esters (lactones) is 2. The lowest BCUT2D eigenvalue weighted by atomic mass is 9.93. The molecule has 4 rings (SSSR count). The molecule has 16 nitrogen and oxygen atoms in total. The number of likely N-dealkylation sites (tertiary alicyclic amines) is 1. The fourth-order valence-electron chi connectivity index (χ4n) is 11.1. The summed E-state index contributed by atoms with van der Waals surface area (Å²) in [6.07, 6.45) is 26.7. The molecule has 4 fully saturated rings. The first-order chi connectivity index (χ1) is 35.1. The molecule has 0 saturated carbocycles. The number of hydroxylamine groups is 2. The highest BCUT2D eigenvalue weighted by molar-refractivity contribution is 5.78. The van der Waals surface area contributed by atoms with Gasteiger partial charge in [-0.3, -0.25) is 28.9 Å². The largest absolute Gasteiger partial charge is 0.480 e. The number of hydrogen-bond acceptors (Lipinski definition) is 14. The molecule has 4 heterocycles. The Morgan fingerprint density at radius 2 is 1.25 bits per heavy atom. The highest BCUT2D eigenvalue weighted by Gasteiger charge is 2.54. The third-order valence-corrected chi connectivity index (χ3v) is 15.4. The summed E-state index contributed by atoms with van der Waals surface area (Å²) < 4.78 is 24.5. The normalized spacial score (nSPS) is 27.2. The fourth-order valence-corrected chi connectivity index (χ4v) is 11.1. The number of fused-ring (bicyclic) bond motifs is 2. The molecule has 2 bridgehead atoms. The standard InChI is InChI=1S/C56H99N3O13/c1-3-5-7-9-11-13-15-17-18-19-21-23-25-27-29-35-48(62)57-44-41-69-56-54(72-59-39-30-32-43(59)40-60)51(58-38-31-33-45(58)55(66)67)52(65)47(70-56)42-68-49(63)36-37-50(64)71-53(44)46(61)34-28-26-24-22-20-16-14-12-10-8-6-4-2/h40,43-47,51-54,56,61,65H,3-39,41-42H2,1-2H3,(H,57,62)(H,66,67)/t43-,44-,45-,46+,47?,51-,52+,53-,54?,56+/m0/s1. The van der Waals surface area contributed by atoms with Crippen LogP contribution in [-0.2, 0) is 47.8 Å². The number of nitrogens with one attached hydrogen (secondary N) is 1. The van der Waals surface area contributed by atoms with Crippen LogP contribution in [0.4, 0.5) is 0 Å². The van der Waals surface area contributed by atoms with E-state index in [1.807, 2.05) is 0 Å². The molecule has 0 aromatic carbocycles. The van der Waals surface area contributed by atoms with Crippen molar-refractivity contribution in [1.29, 1.82) is 0 Å². The number of aldehydes is 1. The SMILES string of the molecule is CCCCCCCCCCCCCCCCCC(=O)N[C@H]1CO[C@@H]2OC(COC(=O)CCC(=O)O[C@@H]1[C@H](O)CCCCCCCCCCCCCC)[C@@H](O)[C@H](N1CCC[C@H]1C(=O)O)C2ON1CCC[C@H]1C=O. The van der Waals surface area contributed by atoms with Crippen LogP contribution in [0.25, 0.3) is 0 Å². The number of carboxylic acid groups (broad SMARTS) is 1. The molecule has 72 heavy (non-hydrogen) atoms. The molecule has 4 N–H and O–H groups in total. The lowest BCUT2D eigenvalue weighted by Gasteiger charge is -2.49. The second kappa shape index (κ2) is 37.1. The van der Waals surface area contributed by atoms with Gasteiger partial charge in [-0.25, -0.2) is 0 Å². The maximum Gasteiger partial charge on any atom is 0.320 e. The van der Waals surface area contributed by atoms with E-state index in [2.05, 4.69) is 19.2 Å². The van der Waals surface area contributed by atoms with E-state index in [1.54, 1.807) is 4.90 Å². The number of carbonyl (C=O) groups is 5. The predicted molar refractivity (Wildman–Crippen MR) is 276 cm³/mol. The molecule has 4 aliphatic heterocycles. The van der Waals surface area contributed by atoms with Crippen molar-refractivity contribution in [1.82, 2.24) is 15.3 Å². The van der Waals surface area contributed by atoms with Crippen LogP contribution >= 0.6 is 0 Å². The van der Waals surface area contributed by atoms with Gasteiger partial charge in [0.25, 0.3) is 0 Å². The zero-order valence-corrected chi connectivity index (χ0v) is 44.7. The average molecular weight is 1020 g/mol. The van der Waals surface area contributed by atoms with E-state index in [1.165, 1.54) is 127 Å². The minimum absolute atomic E-state index is 0.214. The topological polar surface area (TPSA) is 211 Å². The monoisotopic (exact) mass is 1020 g/mol. The molecule has 0 aliphatic carbocycles. The summed E-state index contributed by atoms with van der Waals surface area (Å²) in [6, 6.07) is -3.67. The molecule has 1 amide bonds. The Morgan fingerprint density at radius 3 is 1.81 bits per heavy atom. The molecule has 0 spiro atoms. The highest BCUT2D eigenvalue weighted by atomic mass is 16.8. The molecule has 0 radical (unpaired) electrons. The van der Waals surface area contributed by atoms with Crippen LogP contribution in [-0.4, -0.2) is 143 Å². The van der Waals surface area contributed by atoms with Gasteiger partial charge < -0.3 is 44.4 Å². The van der Waals surface area contributed by atoms with Gasteiger partial charge in [-0.05, 0) is 45.1 Å². The van der Waals surface area contributed by atoms with Gasteiger partial charge in [0.1, 0.15) is 43.4 Å². The zero-order chi connectivity index (χ0) is 51.8. The van der Waals surface area contributed by atoms with Crippen LogP contribution in [0, 0.1) is 0 Å². The first-order valence-electron chi connectivity index (χ1n) is 29.2. The van der Waals surface area contributed by atoms with Crippen molar-refractivity contribution < 1.29 is 63.1 Å². The number of esters is 2. The Morgan fingerprint density at radius 1 is 0.722 bits per heavy atom. The maximum absolute atomic E-state index is 13.9. The number of unbranched alkanes of at least 4 members (excludes halogenated alkanes) is 25. The fraction of sp³-hybridized carbons (Fsp3) is 0.911. The van der Waals surface area contributed by atoms with E-state index < -0.39 is 85.5 Å². The second-order valence-corrected chi connectivity index (χ2v) is 21.4. The van der Waals surface area contributed by atoms with Crippen LogP contribution in [0.2, 0.25) is 0 Å². The summed E-state index contributed by atoms with van der Waals surface area (Å²) in [5.41, 5.74) is 0. The zero-order valence-electron chi connectivity index (χ0n) is 44.7. The van der Waals surface area contributed by atoms with E-state index in [9.17, 15) is 39.3 Å². The maximum atomic E-state index is 13.9. The van der Waals surface area contributed by atoms with E-state index in [-0.39, 0.29) is 31.8 Å². The Kier molecular flexibility index (Phi) is 31.8. The third kappa shape index (κ3) is 23.0. The van der Waals surface area contributed by atoms with Gasteiger partial charge >= 0.3 is 17.9 Å². The number of carbonyl (C=O) groups excluding carboxylic acids is 4. The third-order valence-electron chi connectivity index (χ3n) is 15.4. The summed E-state index contributed by atoms with van der Waals surface area (Å²) >= 11 is 0. The molecule has 10 atom stereocenters. The van der Waals surface area contributed by atoms with Gasteiger partial charge in [-0.1, -0.05) is 181 Å². The predicted octanol–water partition coefficient (Wildman–Crippen LogP) is 9.42. The molecular formula is C56H99N3O13. The first kappa shape index (κ1) is 61.8. The Bertz CT molecular complexity index is 1510. The van der Waals surface area contributed by atoms with Crippen molar-refractivity contribution >= 4 is 30.1 Å². The minimum atomic E-state index is -1.42. The Hall–Kier alpha value is -2.73. The van der Waals surface area contributed by atoms with Crippen molar-refractivity contribution in [2.24, 2.45) is 0 Å².